The Morgan fingerprint density at radius 2 is 2.00 bits per heavy atom. The molecular formula is C17H17N5O3S. The Kier molecular flexibility index (Phi) is 5.80. The third kappa shape index (κ3) is 4.57. The molecule has 1 aromatic carbocycles. The summed E-state index contributed by atoms with van der Waals surface area (Å²) >= 11 is 1.26. The van der Waals surface area contributed by atoms with Crippen molar-refractivity contribution >= 4 is 17.7 Å². The van der Waals surface area contributed by atoms with Crippen LogP contribution >= 0.6 is 11.8 Å². The number of carbonyl (C=O) groups is 1. The molecule has 0 bridgehead atoms. The number of carbonyl (C=O) groups excluding carboxylic acids is 1. The largest absolute Gasteiger partial charge is 0.497 e. The van der Waals surface area contributed by atoms with E-state index in [0.29, 0.717) is 16.9 Å². The highest BCUT2D eigenvalue weighted by molar-refractivity contribution is 7.99. The van der Waals surface area contributed by atoms with E-state index in [2.05, 4.69) is 25.4 Å². The monoisotopic (exact) mass is 371 g/mol. The number of nitrogens with zero attached hydrogens (tertiary/aromatic N) is 4. The molecule has 2 heterocycles. The first-order valence-electron chi connectivity index (χ1n) is 7.83. The number of ether oxygens (including phenoxy) is 1. The average Bonchev–Trinajstić information content (AvgIpc) is 3.18. The van der Waals surface area contributed by atoms with Crippen molar-refractivity contribution in [2.45, 2.75) is 18.1 Å². The van der Waals surface area contributed by atoms with Crippen molar-refractivity contribution in [1.29, 1.82) is 0 Å². The Bertz CT molecular complexity index is 854. The van der Waals surface area contributed by atoms with E-state index in [1.807, 2.05) is 24.3 Å². The van der Waals surface area contributed by atoms with Crippen LogP contribution in [0.3, 0.4) is 0 Å². The van der Waals surface area contributed by atoms with Gasteiger partial charge in [0.25, 0.3) is 0 Å². The molecule has 0 saturated carbocycles. The zero-order valence-corrected chi connectivity index (χ0v) is 15.1. The summed E-state index contributed by atoms with van der Waals surface area (Å²) in [6, 6.07) is 8.64. The fraction of sp³-hybridized carbons (Fsp3) is 0.235. The van der Waals surface area contributed by atoms with E-state index >= 15 is 0 Å². The number of amides is 1. The number of rotatable bonds is 7. The summed E-state index contributed by atoms with van der Waals surface area (Å²) in [5, 5.41) is 7.33. The zero-order valence-electron chi connectivity index (χ0n) is 14.2. The van der Waals surface area contributed by atoms with E-state index in [4.69, 9.17) is 9.26 Å². The van der Waals surface area contributed by atoms with Gasteiger partial charge in [-0.15, -0.1) is 0 Å². The maximum absolute atomic E-state index is 12.1. The molecule has 26 heavy (non-hydrogen) atoms. The smallest absolute Gasteiger partial charge is 0.249 e. The molecule has 0 spiro atoms. The summed E-state index contributed by atoms with van der Waals surface area (Å²) in [7, 11) is 1.61. The standard InChI is InChI=1S/C17H17N5O3S/c1-11(20-14(23)10-26-17-18-8-3-9-19-17)16-21-15(22-25-16)12-4-6-13(24-2)7-5-12/h3-9,11H,10H2,1-2H3,(H,20,23). The highest BCUT2D eigenvalue weighted by atomic mass is 32.2. The second-order valence-corrected chi connectivity index (χ2v) is 6.24. The minimum absolute atomic E-state index is 0.167. The molecule has 8 nitrogen and oxygen atoms in total. The zero-order chi connectivity index (χ0) is 18.4. The van der Waals surface area contributed by atoms with Crippen molar-refractivity contribution in [1.82, 2.24) is 25.4 Å². The van der Waals surface area contributed by atoms with Gasteiger partial charge in [0, 0.05) is 18.0 Å². The number of thioether (sulfide) groups is 1. The van der Waals surface area contributed by atoms with Gasteiger partial charge in [0.05, 0.1) is 12.9 Å². The summed E-state index contributed by atoms with van der Waals surface area (Å²) < 4.78 is 10.4. The highest BCUT2D eigenvalue weighted by Crippen LogP contribution is 2.21. The van der Waals surface area contributed by atoms with Crippen LogP contribution in [0.2, 0.25) is 0 Å². The second kappa shape index (κ2) is 8.43. The quantitative estimate of drug-likeness (QED) is 0.499. The molecule has 0 aliphatic rings. The van der Waals surface area contributed by atoms with Gasteiger partial charge in [-0.05, 0) is 37.3 Å². The van der Waals surface area contributed by atoms with Crippen LogP contribution in [-0.4, -0.2) is 38.9 Å². The number of nitrogens with one attached hydrogen (secondary N) is 1. The molecular weight excluding hydrogens is 354 g/mol. The van der Waals surface area contributed by atoms with E-state index in [0.717, 1.165) is 11.3 Å². The number of methoxy groups -OCH3 is 1. The number of hydrogen-bond acceptors (Lipinski definition) is 8. The molecule has 0 radical (unpaired) electrons. The van der Waals surface area contributed by atoms with Gasteiger partial charge in [0.1, 0.15) is 11.8 Å². The molecule has 9 heteroatoms. The number of aromatic nitrogens is 4. The van der Waals surface area contributed by atoms with Crippen molar-refractivity contribution < 1.29 is 14.1 Å². The lowest BCUT2D eigenvalue weighted by atomic mass is 10.2. The second-order valence-electron chi connectivity index (χ2n) is 5.29. The summed E-state index contributed by atoms with van der Waals surface area (Å²) in [4.78, 5) is 24.5. The molecule has 0 saturated heterocycles. The first-order valence-corrected chi connectivity index (χ1v) is 8.81. The van der Waals surface area contributed by atoms with Crippen LogP contribution < -0.4 is 10.1 Å². The van der Waals surface area contributed by atoms with Gasteiger partial charge in [0.2, 0.25) is 17.6 Å². The summed E-state index contributed by atoms with van der Waals surface area (Å²) in [5.41, 5.74) is 0.802. The maximum Gasteiger partial charge on any atom is 0.249 e. The Morgan fingerprint density at radius 1 is 1.27 bits per heavy atom. The molecule has 3 aromatic rings. The molecule has 1 amide bonds. The topological polar surface area (TPSA) is 103 Å². The molecule has 1 N–H and O–H groups in total. The van der Waals surface area contributed by atoms with E-state index in [1.54, 1.807) is 32.5 Å². The molecule has 2 aromatic heterocycles. The molecule has 1 unspecified atom stereocenters. The van der Waals surface area contributed by atoms with Crippen molar-refractivity contribution in [3.8, 4) is 17.1 Å². The Labute approximate surface area is 154 Å². The van der Waals surface area contributed by atoms with E-state index < -0.39 is 6.04 Å². The third-order valence-electron chi connectivity index (χ3n) is 3.41. The van der Waals surface area contributed by atoms with Gasteiger partial charge >= 0.3 is 0 Å². The summed E-state index contributed by atoms with van der Waals surface area (Å²) in [5.74, 6) is 1.58. The Morgan fingerprint density at radius 3 is 2.69 bits per heavy atom. The van der Waals surface area contributed by atoms with Crippen LogP contribution in [0, 0.1) is 0 Å². The lowest BCUT2D eigenvalue weighted by Crippen LogP contribution is -2.28. The summed E-state index contributed by atoms with van der Waals surface area (Å²) in [6.07, 6.45) is 3.27. The van der Waals surface area contributed by atoms with Gasteiger partial charge in [-0.2, -0.15) is 4.98 Å². The minimum atomic E-state index is -0.403. The molecule has 134 valence electrons. The van der Waals surface area contributed by atoms with Gasteiger partial charge in [-0.3, -0.25) is 4.79 Å². The lowest BCUT2D eigenvalue weighted by Gasteiger charge is -2.08. The number of hydrogen-bond donors (Lipinski definition) is 1. The summed E-state index contributed by atoms with van der Waals surface area (Å²) in [6.45, 7) is 1.78. The first-order chi connectivity index (χ1) is 12.7. The van der Waals surface area contributed by atoms with Crippen LogP contribution in [0.1, 0.15) is 18.9 Å². The van der Waals surface area contributed by atoms with Crippen molar-refractivity contribution in [3.05, 3.63) is 48.6 Å². The van der Waals surface area contributed by atoms with Crippen LogP contribution in [0.4, 0.5) is 0 Å². The first kappa shape index (κ1) is 17.9. The van der Waals surface area contributed by atoms with E-state index in [1.165, 1.54) is 11.8 Å². The van der Waals surface area contributed by atoms with Crippen molar-refractivity contribution in [3.63, 3.8) is 0 Å². The van der Waals surface area contributed by atoms with E-state index in [-0.39, 0.29) is 11.7 Å². The van der Waals surface area contributed by atoms with Crippen LogP contribution in [-0.2, 0) is 4.79 Å². The maximum atomic E-state index is 12.1. The van der Waals surface area contributed by atoms with Crippen LogP contribution in [0.15, 0.2) is 52.4 Å². The molecule has 0 fully saturated rings. The average molecular weight is 371 g/mol. The SMILES string of the molecule is COc1ccc(-c2noc(C(C)NC(=O)CSc3ncccn3)n2)cc1. The Balaban J connectivity index is 1.57. The molecule has 3 rings (SSSR count). The van der Waals surface area contributed by atoms with Crippen LogP contribution in [0.25, 0.3) is 11.4 Å². The third-order valence-corrected chi connectivity index (χ3v) is 4.29. The lowest BCUT2D eigenvalue weighted by molar-refractivity contribution is -0.119. The fourth-order valence-electron chi connectivity index (χ4n) is 2.10. The minimum Gasteiger partial charge on any atom is -0.497 e. The predicted molar refractivity (Wildman–Crippen MR) is 95.6 cm³/mol. The van der Waals surface area contributed by atoms with Gasteiger partial charge < -0.3 is 14.6 Å². The molecule has 0 aliphatic carbocycles. The van der Waals surface area contributed by atoms with Gasteiger partial charge in [-0.1, -0.05) is 16.9 Å². The Hall–Kier alpha value is -2.94. The molecule has 0 aliphatic heterocycles. The number of benzene rings is 1. The van der Waals surface area contributed by atoms with E-state index in [9.17, 15) is 4.79 Å². The van der Waals surface area contributed by atoms with Crippen molar-refractivity contribution in [2.24, 2.45) is 0 Å². The van der Waals surface area contributed by atoms with Gasteiger partial charge in [-0.25, -0.2) is 9.97 Å². The fourth-order valence-corrected chi connectivity index (χ4v) is 2.72. The predicted octanol–water partition coefficient (Wildman–Crippen LogP) is 2.50. The normalized spacial score (nSPS) is 11.8. The molecule has 1 atom stereocenters. The van der Waals surface area contributed by atoms with Crippen LogP contribution in [0.5, 0.6) is 5.75 Å². The highest BCUT2D eigenvalue weighted by Gasteiger charge is 2.17. The van der Waals surface area contributed by atoms with Gasteiger partial charge in [0.15, 0.2) is 5.16 Å². The van der Waals surface area contributed by atoms with Crippen molar-refractivity contribution in [2.75, 3.05) is 12.9 Å².